The maximum Gasteiger partial charge on any atom is 0.247 e. The first-order chi connectivity index (χ1) is 10.6. The van der Waals surface area contributed by atoms with Crippen LogP contribution in [0.1, 0.15) is 37.2 Å². The molecule has 1 atom stereocenters. The Balaban J connectivity index is 1.99. The second-order valence-corrected chi connectivity index (χ2v) is 7.17. The summed E-state index contributed by atoms with van der Waals surface area (Å²) in [4.78, 5) is 8.61. The number of aryl methyl sites for hydroxylation is 1. The van der Waals surface area contributed by atoms with Gasteiger partial charge in [-0.2, -0.15) is 9.40 Å². The lowest BCUT2D eigenvalue weighted by Crippen LogP contribution is -2.31. The van der Waals surface area contributed by atoms with Gasteiger partial charge in [-0.05, 0) is 26.7 Å². The Morgan fingerprint density at radius 3 is 2.77 bits per heavy atom. The highest BCUT2D eigenvalue weighted by Gasteiger charge is 2.38. The molecule has 0 unspecified atom stereocenters. The summed E-state index contributed by atoms with van der Waals surface area (Å²) in [6.07, 6.45) is 7.85. The molecule has 0 N–H and O–H groups in total. The molecule has 3 heterocycles. The van der Waals surface area contributed by atoms with Crippen LogP contribution in [-0.2, 0) is 16.6 Å². The Bertz CT molecular complexity index is 757. The summed E-state index contributed by atoms with van der Waals surface area (Å²) in [6, 6.07) is -0.247. The van der Waals surface area contributed by atoms with E-state index in [9.17, 15) is 8.42 Å². The fourth-order valence-electron chi connectivity index (χ4n) is 2.93. The minimum absolute atomic E-state index is 0.247. The zero-order valence-corrected chi connectivity index (χ0v) is 13.5. The van der Waals surface area contributed by atoms with E-state index < -0.39 is 10.0 Å². The van der Waals surface area contributed by atoms with Gasteiger partial charge in [0, 0.05) is 25.5 Å². The molecule has 1 aliphatic rings. The molecule has 0 spiro atoms. The van der Waals surface area contributed by atoms with Crippen molar-refractivity contribution >= 4 is 10.0 Å². The number of hydrogen-bond donors (Lipinski definition) is 0. The van der Waals surface area contributed by atoms with E-state index in [1.165, 1.54) is 10.5 Å². The topological polar surface area (TPSA) is 81.0 Å². The van der Waals surface area contributed by atoms with Crippen LogP contribution >= 0.6 is 0 Å². The first-order valence-electron chi connectivity index (χ1n) is 7.36. The first kappa shape index (κ1) is 15.1. The van der Waals surface area contributed by atoms with Crippen molar-refractivity contribution in [1.29, 1.82) is 0 Å². The molecule has 0 aliphatic carbocycles. The summed E-state index contributed by atoms with van der Waals surface area (Å²) in [6.45, 7) is 4.88. The lowest BCUT2D eigenvalue weighted by Gasteiger charge is -2.23. The predicted octanol–water partition coefficient (Wildman–Crippen LogP) is 1.53. The van der Waals surface area contributed by atoms with Gasteiger partial charge in [0.2, 0.25) is 10.0 Å². The maximum absolute atomic E-state index is 13.0. The summed E-state index contributed by atoms with van der Waals surface area (Å²) in [7, 11) is -3.57. The third-order valence-electron chi connectivity index (χ3n) is 4.07. The minimum Gasteiger partial charge on any atom is -0.269 e. The van der Waals surface area contributed by atoms with Crippen molar-refractivity contribution in [3.63, 3.8) is 0 Å². The smallest absolute Gasteiger partial charge is 0.247 e. The number of aromatic nitrogens is 4. The van der Waals surface area contributed by atoms with Crippen molar-refractivity contribution in [2.45, 2.75) is 44.2 Å². The molecule has 0 aromatic carbocycles. The third-order valence-corrected chi connectivity index (χ3v) is 6.08. The van der Waals surface area contributed by atoms with Gasteiger partial charge in [0.25, 0.3) is 0 Å². The number of hydrogen-bond acceptors (Lipinski definition) is 5. The number of nitrogens with zero attached hydrogens (tertiary/aromatic N) is 5. The normalized spacial score (nSPS) is 19.6. The Kier molecular flexibility index (Phi) is 3.96. The monoisotopic (exact) mass is 321 g/mol. The Morgan fingerprint density at radius 2 is 2.14 bits per heavy atom. The molecule has 0 radical (unpaired) electrons. The summed E-state index contributed by atoms with van der Waals surface area (Å²) in [5, 5.41) is 4.15. The van der Waals surface area contributed by atoms with E-state index in [0.29, 0.717) is 24.5 Å². The molecule has 7 nitrogen and oxygen atoms in total. The molecule has 2 aromatic heterocycles. The van der Waals surface area contributed by atoms with Gasteiger partial charge in [-0.3, -0.25) is 14.6 Å². The van der Waals surface area contributed by atoms with Crippen molar-refractivity contribution in [2.24, 2.45) is 0 Å². The molecule has 1 fully saturated rings. The lowest BCUT2D eigenvalue weighted by atomic mass is 10.2. The molecule has 1 aliphatic heterocycles. The maximum atomic E-state index is 13.0. The Labute approximate surface area is 130 Å². The van der Waals surface area contributed by atoms with Gasteiger partial charge in [0.1, 0.15) is 4.90 Å². The Morgan fingerprint density at radius 1 is 1.32 bits per heavy atom. The van der Waals surface area contributed by atoms with Crippen LogP contribution in [0.5, 0.6) is 0 Å². The molecule has 2 aromatic rings. The molecule has 22 heavy (non-hydrogen) atoms. The fourth-order valence-corrected chi connectivity index (χ4v) is 4.76. The lowest BCUT2D eigenvalue weighted by molar-refractivity contribution is 0.389. The third kappa shape index (κ3) is 2.42. The van der Waals surface area contributed by atoms with Gasteiger partial charge in [-0.25, -0.2) is 8.42 Å². The second-order valence-electron chi connectivity index (χ2n) is 5.31. The number of sulfonamides is 1. The van der Waals surface area contributed by atoms with Gasteiger partial charge < -0.3 is 0 Å². The van der Waals surface area contributed by atoms with Crippen LogP contribution in [0.25, 0.3) is 0 Å². The van der Waals surface area contributed by atoms with Crippen molar-refractivity contribution in [1.82, 2.24) is 24.1 Å². The summed E-state index contributed by atoms with van der Waals surface area (Å²) < 4.78 is 29.2. The van der Waals surface area contributed by atoms with Crippen molar-refractivity contribution in [3.8, 4) is 0 Å². The van der Waals surface area contributed by atoms with E-state index in [0.717, 1.165) is 12.8 Å². The molecule has 0 amide bonds. The number of rotatable bonds is 4. The zero-order valence-electron chi connectivity index (χ0n) is 12.7. The van der Waals surface area contributed by atoms with Gasteiger partial charge >= 0.3 is 0 Å². The van der Waals surface area contributed by atoms with Crippen LogP contribution in [0.15, 0.2) is 29.7 Å². The van der Waals surface area contributed by atoms with Gasteiger partial charge in [-0.1, -0.05) is 0 Å². The zero-order chi connectivity index (χ0) is 15.7. The standard InChI is InChI=1S/C14H19N5O2S/c1-3-18-11(2)14(10-17-18)22(20,21)19-8-4-5-13(19)12-9-15-6-7-16-12/h6-7,9-10,13H,3-5,8H2,1-2H3/t13-/m1/s1. The second kappa shape index (κ2) is 5.77. The molecule has 1 saturated heterocycles. The Hall–Kier alpha value is -1.80. The van der Waals surface area contributed by atoms with Crippen LogP contribution in [0.2, 0.25) is 0 Å². The van der Waals surface area contributed by atoms with E-state index in [1.807, 2.05) is 6.92 Å². The molecule has 0 saturated carbocycles. The van der Waals surface area contributed by atoms with E-state index in [4.69, 9.17) is 0 Å². The molecular weight excluding hydrogens is 302 g/mol. The molecule has 118 valence electrons. The van der Waals surface area contributed by atoms with E-state index in [-0.39, 0.29) is 10.9 Å². The van der Waals surface area contributed by atoms with E-state index in [1.54, 1.807) is 30.2 Å². The first-order valence-corrected chi connectivity index (χ1v) is 8.80. The van der Waals surface area contributed by atoms with E-state index >= 15 is 0 Å². The molecular formula is C14H19N5O2S. The van der Waals surface area contributed by atoms with Gasteiger partial charge in [0.15, 0.2) is 0 Å². The average Bonchev–Trinajstić information content (AvgIpc) is 3.15. The molecule has 8 heteroatoms. The predicted molar refractivity (Wildman–Crippen MR) is 80.5 cm³/mol. The highest BCUT2D eigenvalue weighted by atomic mass is 32.2. The fraction of sp³-hybridized carbons (Fsp3) is 0.500. The van der Waals surface area contributed by atoms with Crippen LogP contribution < -0.4 is 0 Å². The van der Waals surface area contributed by atoms with Crippen LogP contribution in [0.4, 0.5) is 0 Å². The molecule has 3 rings (SSSR count). The van der Waals surface area contributed by atoms with Crippen molar-refractivity contribution < 1.29 is 8.42 Å². The average molecular weight is 321 g/mol. The summed E-state index contributed by atoms with van der Waals surface area (Å²) in [5.41, 5.74) is 1.37. The minimum atomic E-state index is -3.57. The van der Waals surface area contributed by atoms with Crippen molar-refractivity contribution in [2.75, 3.05) is 6.54 Å². The highest BCUT2D eigenvalue weighted by molar-refractivity contribution is 7.89. The van der Waals surface area contributed by atoms with Crippen LogP contribution in [0, 0.1) is 6.92 Å². The summed E-state index contributed by atoms with van der Waals surface area (Å²) >= 11 is 0. The van der Waals surface area contributed by atoms with E-state index in [2.05, 4.69) is 15.1 Å². The highest BCUT2D eigenvalue weighted by Crippen LogP contribution is 2.35. The van der Waals surface area contributed by atoms with Gasteiger partial charge in [0.05, 0.1) is 29.8 Å². The van der Waals surface area contributed by atoms with Crippen LogP contribution in [-0.4, -0.2) is 39.0 Å². The van der Waals surface area contributed by atoms with Crippen LogP contribution in [0.3, 0.4) is 0 Å². The molecule has 0 bridgehead atoms. The summed E-state index contributed by atoms with van der Waals surface area (Å²) in [5.74, 6) is 0. The largest absolute Gasteiger partial charge is 0.269 e. The van der Waals surface area contributed by atoms with Crippen molar-refractivity contribution in [3.05, 3.63) is 36.2 Å². The quantitative estimate of drug-likeness (QED) is 0.853. The SMILES string of the molecule is CCn1ncc(S(=O)(=O)N2CCC[C@@H]2c2cnccn2)c1C. The van der Waals surface area contributed by atoms with Gasteiger partial charge in [-0.15, -0.1) is 0 Å².